The molecule has 5 nitrogen and oxygen atoms in total. The Morgan fingerprint density at radius 3 is 2.71 bits per heavy atom. The summed E-state index contributed by atoms with van der Waals surface area (Å²) < 4.78 is 5.14. The van der Waals surface area contributed by atoms with Crippen molar-refractivity contribution < 1.29 is 14.3 Å². The van der Waals surface area contributed by atoms with E-state index in [2.05, 4.69) is 17.2 Å². The third-order valence-electron chi connectivity index (χ3n) is 4.12. The zero-order valence-corrected chi connectivity index (χ0v) is 17.2. The van der Waals surface area contributed by atoms with Gasteiger partial charge < -0.3 is 10.1 Å². The molecule has 0 aliphatic carbocycles. The smallest absolute Gasteiger partial charge is 0.312 e. The van der Waals surface area contributed by atoms with Crippen molar-refractivity contribution in [2.24, 2.45) is 0 Å². The minimum atomic E-state index is -0.455. The second-order valence-corrected chi connectivity index (χ2v) is 7.95. The fraction of sp³-hybridized carbons (Fsp3) is 0.286. The second-order valence-electron chi connectivity index (χ2n) is 6.31. The first-order valence-corrected chi connectivity index (χ1v) is 10.9. The number of aromatic nitrogens is 1. The number of thiazole rings is 1. The van der Waals surface area contributed by atoms with Crippen LogP contribution in [0.5, 0.6) is 0 Å². The van der Waals surface area contributed by atoms with E-state index in [4.69, 9.17) is 4.74 Å². The minimum absolute atomic E-state index is 0.0605. The fourth-order valence-electron chi connectivity index (χ4n) is 2.78. The van der Waals surface area contributed by atoms with Crippen LogP contribution in [0.1, 0.15) is 37.1 Å². The van der Waals surface area contributed by atoms with Crippen molar-refractivity contribution in [1.29, 1.82) is 0 Å². The Hall–Kier alpha value is -2.51. The van der Waals surface area contributed by atoms with Crippen molar-refractivity contribution in [3.8, 4) is 10.6 Å². The van der Waals surface area contributed by atoms with E-state index < -0.39 is 5.97 Å². The van der Waals surface area contributed by atoms with E-state index in [1.54, 1.807) is 11.3 Å². The lowest BCUT2D eigenvalue weighted by atomic mass is 10.0. The van der Waals surface area contributed by atoms with Crippen LogP contribution < -0.4 is 5.32 Å². The van der Waals surface area contributed by atoms with Crippen molar-refractivity contribution in [2.45, 2.75) is 32.2 Å². The van der Waals surface area contributed by atoms with Crippen LogP contribution >= 0.6 is 22.7 Å². The van der Waals surface area contributed by atoms with Gasteiger partial charge in [0.1, 0.15) is 5.01 Å². The van der Waals surface area contributed by atoms with Gasteiger partial charge in [0.15, 0.2) is 6.61 Å². The summed E-state index contributed by atoms with van der Waals surface area (Å²) in [4.78, 5) is 28.7. The molecule has 3 rings (SSSR count). The average molecular weight is 415 g/mol. The normalized spacial score (nSPS) is 11.8. The average Bonchev–Trinajstić information content (AvgIpc) is 3.38. The van der Waals surface area contributed by atoms with Crippen LogP contribution in [0, 0.1) is 0 Å². The molecular formula is C21H22N2O3S2. The lowest BCUT2D eigenvalue weighted by Crippen LogP contribution is -2.32. The number of thiophene rings is 1. The maximum Gasteiger partial charge on any atom is 0.312 e. The third-order valence-corrected chi connectivity index (χ3v) is 5.75. The molecule has 28 heavy (non-hydrogen) atoms. The number of nitrogens with zero attached hydrogens (tertiary/aromatic N) is 1. The van der Waals surface area contributed by atoms with Gasteiger partial charge in [0.25, 0.3) is 5.91 Å². The largest absolute Gasteiger partial charge is 0.455 e. The third kappa shape index (κ3) is 5.74. The molecule has 0 fully saturated rings. The summed E-state index contributed by atoms with van der Waals surface area (Å²) >= 11 is 3.10. The van der Waals surface area contributed by atoms with Crippen LogP contribution in [0.2, 0.25) is 0 Å². The van der Waals surface area contributed by atoms with E-state index in [1.807, 2.05) is 52.5 Å². The second kappa shape index (κ2) is 10.1. The summed E-state index contributed by atoms with van der Waals surface area (Å²) in [6.07, 6.45) is 1.83. The van der Waals surface area contributed by atoms with Gasteiger partial charge in [0.05, 0.1) is 18.2 Å². The van der Waals surface area contributed by atoms with E-state index in [0.29, 0.717) is 5.69 Å². The fourth-order valence-corrected chi connectivity index (χ4v) is 4.32. The molecule has 1 amide bonds. The van der Waals surface area contributed by atoms with Crippen LogP contribution in [-0.4, -0.2) is 23.5 Å². The Labute approximate surface area is 172 Å². The van der Waals surface area contributed by atoms with Gasteiger partial charge in [0.2, 0.25) is 0 Å². The molecule has 1 N–H and O–H groups in total. The number of hydrogen-bond acceptors (Lipinski definition) is 6. The summed E-state index contributed by atoms with van der Waals surface area (Å²) in [6.45, 7) is 1.79. The molecular weight excluding hydrogens is 392 g/mol. The predicted molar refractivity (Wildman–Crippen MR) is 112 cm³/mol. The Bertz CT molecular complexity index is 892. The maximum atomic E-state index is 12.2. The van der Waals surface area contributed by atoms with Gasteiger partial charge >= 0.3 is 5.97 Å². The maximum absolute atomic E-state index is 12.2. The van der Waals surface area contributed by atoms with Gasteiger partial charge in [-0.05, 0) is 23.4 Å². The first-order valence-electron chi connectivity index (χ1n) is 9.12. The van der Waals surface area contributed by atoms with E-state index in [0.717, 1.165) is 29.0 Å². The zero-order valence-electron chi connectivity index (χ0n) is 15.6. The molecule has 0 bridgehead atoms. The molecule has 0 radical (unpaired) electrons. The summed E-state index contributed by atoms with van der Waals surface area (Å²) in [7, 11) is 0. The number of rotatable bonds is 9. The highest BCUT2D eigenvalue weighted by Gasteiger charge is 2.16. The number of nitrogens with one attached hydrogen (secondary N) is 1. The van der Waals surface area contributed by atoms with Crippen LogP contribution in [-0.2, 0) is 20.7 Å². The standard InChI is InChI=1S/C21H22N2O3S2/c1-2-6-18(15-7-4-3-5-8-15)23-19(24)12-26-20(25)11-17-14-28-21(22-17)16-9-10-27-13-16/h3-5,7-10,13-14,18H,2,6,11-12H2,1H3,(H,23,24)/t18-/m1/s1. The Morgan fingerprint density at radius 2 is 2.00 bits per heavy atom. The van der Waals surface area contributed by atoms with Gasteiger partial charge in [-0.3, -0.25) is 9.59 Å². The number of ether oxygens (including phenoxy) is 1. The topological polar surface area (TPSA) is 68.3 Å². The minimum Gasteiger partial charge on any atom is -0.455 e. The first kappa shape index (κ1) is 20.2. The molecule has 2 heterocycles. The Kier molecular flexibility index (Phi) is 7.33. The van der Waals surface area contributed by atoms with Gasteiger partial charge in [-0.15, -0.1) is 11.3 Å². The molecule has 7 heteroatoms. The van der Waals surface area contributed by atoms with Crippen LogP contribution in [0.25, 0.3) is 10.6 Å². The van der Waals surface area contributed by atoms with Gasteiger partial charge in [0, 0.05) is 16.3 Å². The van der Waals surface area contributed by atoms with E-state index >= 15 is 0 Å². The predicted octanol–water partition coefficient (Wildman–Crippen LogP) is 4.61. The highest BCUT2D eigenvalue weighted by atomic mass is 32.1. The van der Waals surface area contributed by atoms with Crippen molar-refractivity contribution in [3.63, 3.8) is 0 Å². The lowest BCUT2D eigenvalue weighted by Gasteiger charge is -2.18. The molecule has 3 aromatic rings. The highest BCUT2D eigenvalue weighted by Crippen LogP contribution is 2.25. The van der Waals surface area contributed by atoms with Crippen molar-refractivity contribution in [1.82, 2.24) is 10.3 Å². The van der Waals surface area contributed by atoms with Gasteiger partial charge in [-0.1, -0.05) is 43.7 Å². The lowest BCUT2D eigenvalue weighted by molar-refractivity contribution is -0.148. The molecule has 0 aliphatic rings. The van der Waals surface area contributed by atoms with E-state index in [1.165, 1.54) is 11.3 Å². The van der Waals surface area contributed by atoms with Crippen LogP contribution in [0.3, 0.4) is 0 Å². The molecule has 0 spiro atoms. The summed E-state index contributed by atoms with van der Waals surface area (Å²) in [5.74, 6) is -0.753. The summed E-state index contributed by atoms with van der Waals surface area (Å²) in [5, 5.41) is 9.69. The number of amides is 1. The van der Waals surface area contributed by atoms with Crippen LogP contribution in [0.15, 0.2) is 52.5 Å². The molecule has 0 aliphatic heterocycles. The summed E-state index contributed by atoms with van der Waals surface area (Å²) in [6, 6.07) is 11.7. The van der Waals surface area contributed by atoms with Gasteiger partial charge in [-0.25, -0.2) is 4.98 Å². The molecule has 146 valence electrons. The van der Waals surface area contributed by atoms with Crippen molar-refractivity contribution >= 4 is 34.6 Å². The number of carbonyl (C=O) groups excluding carboxylic acids is 2. The first-order chi connectivity index (χ1) is 13.7. The van der Waals surface area contributed by atoms with Crippen molar-refractivity contribution in [2.75, 3.05) is 6.61 Å². The molecule has 0 saturated heterocycles. The molecule has 1 atom stereocenters. The van der Waals surface area contributed by atoms with Gasteiger partial charge in [-0.2, -0.15) is 11.3 Å². The zero-order chi connectivity index (χ0) is 19.8. The number of hydrogen-bond donors (Lipinski definition) is 1. The quantitative estimate of drug-likeness (QED) is 0.519. The Balaban J connectivity index is 1.48. The highest BCUT2D eigenvalue weighted by molar-refractivity contribution is 7.14. The number of carbonyl (C=O) groups is 2. The SMILES string of the molecule is CCC[C@@H](NC(=O)COC(=O)Cc1csc(-c2ccsc2)n1)c1ccccc1. The number of esters is 1. The molecule has 1 aromatic carbocycles. The van der Waals surface area contributed by atoms with Crippen LogP contribution in [0.4, 0.5) is 0 Å². The molecule has 0 unspecified atom stereocenters. The van der Waals surface area contributed by atoms with E-state index in [-0.39, 0.29) is 25.0 Å². The number of benzene rings is 1. The monoisotopic (exact) mass is 414 g/mol. The van der Waals surface area contributed by atoms with E-state index in [9.17, 15) is 9.59 Å². The molecule has 2 aromatic heterocycles. The Morgan fingerprint density at radius 1 is 1.18 bits per heavy atom. The summed E-state index contributed by atoms with van der Waals surface area (Å²) in [5.41, 5.74) is 2.76. The molecule has 0 saturated carbocycles. The van der Waals surface area contributed by atoms with Crippen molar-refractivity contribution in [3.05, 3.63) is 63.8 Å².